The van der Waals surface area contributed by atoms with Crippen molar-refractivity contribution in [3.05, 3.63) is 71.3 Å². The number of hydrogen-bond donors (Lipinski definition) is 1. The number of rotatable bonds is 4. The molecule has 0 aliphatic heterocycles. The van der Waals surface area contributed by atoms with Gasteiger partial charge < -0.3 is 14.5 Å². The Kier molecular flexibility index (Phi) is 4.55. The molecule has 0 radical (unpaired) electrons. The van der Waals surface area contributed by atoms with E-state index in [1.54, 1.807) is 6.92 Å². The van der Waals surface area contributed by atoms with Crippen LogP contribution in [0.15, 0.2) is 59.0 Å². The molecule has 0 saturated carbocycles. The predicted octanol–water partition coefficient (Wildman–Crippen LogP) is 5.92. The molecule has 1 atom stereocenters. The van der Waals surface area contributed by atoms with Gasteiger partial charge in [0, 0.05) is 22.5 Å². The highest BCUT2D eigenvalue weighted by Crippen LogP contribution is 2.30. The van der Waals surface area contributed by atoms with Gasteiger partial charge in [0.1, 0.15) is 16.9 Å². The standard InChI is InChI=1S/C24H23NO3/c1-14-11-15(2)16(3)22(12-14)27-17(4)24(26)25-18-9-10-20-19-7-5-6-8-21(19)28-23(20)13-18/h5-13,17H,1-4H3,(H,25,26). The number of hydrogen-bond acceptors (Lipinski definition) is 3. The maximum Gasteiger partial charge on any atom is 0.265 e. The molecule has 142 valence electrons. The Labute approximate surface area is 164 Å². The lowest BCUT2D eigenvalue weighted by Crippen LogP contribution is -2.30. The molecule has 0 fully saturated rings. The molecule has 4 nitrogen and oxygen atoms in total. The van der Waals surface area contributed by atoms with Gasteiger partial charge in [-0.2, -0.15) is 0 Å². The van der Waals surface area contributed by atoms with Crippen molar-refractivity contribution in [1.82, 2.24) is 0 Å². The minimum atomic E-state index is -0.619. The molecule has 0 saturated heterocycles. The van der Waals surface area contributed by atoms with Crippen molar-refractivity contribution in [1.29, 1.82) is 0 Å². The summed E-state index contributed by atoms with van der Waals surface area (Å²) in [4.78, 5) is 12.6. The van der Waals surface area contributed by atoms with E-state index in [9.17, 15) is 4.79 Å². The molecule has 1 amide bonds. The summed E-state index contributed by atoms with van der Waals surface area (Å²) in [5.41, 5.74) is 5.58. The first-order valence-corrected chi connectivity index (χ1v) is 9.39. The molecule has 3 aromatic carbocycles. The van der Waals surface area contributed by atoms with E-state index < -0.39 is 6.10 Å². The lowest BCUT2D eigenvalue weighted by atomic mass is 10.1. The second-order valence-electron chi connectivity index (χ2n) is 7.26. The number of benzene rings is 3. The topological polar surface area (TPSA) is 51.5 Å². The maximum absolute atomic E-state index is 12.6. The van der Waals surface area contributed by atoms with Crippen LogP contribution in [0.2, 0.25) is 0 Å². The molecule has 1 aromatic heterocycles. The zero-order valence-corrected chi connectivity index (χ0v) is 16.5. The predicted molar refractivity (Wildman–Crippen MR) is 113 cm³/mol. The van der Waals surface area contributed by atoms with Crippen molar-refractivity contribution in [3.63, 3.8) is 0 Å². The van der Waals surface area contributed by atoms with Crippen LogP contribution in [0.4, 0.5) is 5.69 Å². The number of nitrogens with one attached hydrogen (secondary N) is 1. The van der Waals surface area contributed by atoms with Gasteiger partial charge in [-0.1, -0.05) is 24.3 Å². The van der Waals surface area contributed by atoms with Gasteiger partial charge in [0.15, 0.2) is 6.10 Å². The van der Waals surface area contributed by atoms with Crippen LogP contribution in [0, 0.1) is 20.8 Å². The zero-order valence-electron chi connectivity index (χ0n) is 16.5. The van der Waals surface area contributed by atoms with Crippen LogP contribution in [0.25, 0.3) is 21.9 Å². The van der Waals surface area contributed by atoms with Gasteiger partial charge in [-0.05, 0) is 68.7 Å². The highest BCUT2D eigenvalue weighted by molar-refractivity contribution is 6.06. The minimum absolute atomic E-state index is 0.200. The fourth-order valence-electron chi connectivity index (χ4n) is 3.41. The first-order valence-electron chi connectivity index (χ1n) is 9.39. The van der Waals surface area contributed by atoms with Crippen molar-refractivity contribution >= 4 is 33.5 Å². The lowest BCUT2D eigenvalue weighted by molar-refractivity contribution is -0.122. The third-order valence-corrected chi connectivity index (χ3v) is 5.08. The second-order valence-corrected chi connectivity index (χ2v) is 7.26. The summed E-state index contributed by atoms with van der Waals surface area (Å²) in [6.45, 7) is 7.82. The lowest BCUT2D eigenvalue weighted by Gasteiger charge is -2.18. The van der Waals surface area contributed by atoms with Crippen LogP contribution in [-0.2, 0) is 4.79 Å². The molecule has 1 unspecified atom stereocenters. The normalized spacial score (nSPS) is 12.3. The largest absolute Gasteiger partial charge is 0.481 e. The number of furan rings is 1. The molecule has 0 aliphatic carbocycles. The van der Waals surface area contributed by atoms with Gasteiger partial charge in [-0.15, -0.1) is 0 Å². The van der Waals surface area contributed by atoms with E-state index in [2.05, 4.69) is 11.4 Å². The van der Waals surface area contributed by atoms with Gasteiger partial charge in [0.25, 0.3) is 5.91 Å². The van der Waals surface area contributed by atoms with E-state index in [-0.39, 0.29) is 5.91 Å². The highest BCUT2D eigenvalue weighted by atomic mass is 16.5. The average Bonchev–Trinajstić information content (AvgIpc) is 3.03. The van der Waals surface area contributed by atoms with Gasteiger partial charge in [-0.3, -0.25) is 4.79 Å². The summed E-state index contributed by atoms with van der Waals surface area (Å²) >= 11 is 0. The van der Waals surface area contributed by atoms with Crippen LogP contribution in [-0.4, -0.2) is 12.0 Å². The number of carbonyl (C=O) groups is 1. The molecule has 0 bridgehead atoms. The number of carbonyl (C=O) groups excluding carboxylic acids is 1. The van der Waals surface area contributed by atoms with Crippen molar-refractivity contribution in [2.75, 3.05) is 5.32 Å². The molecule has 1 N–H and O–H groups in total. The Hall–Kier alpha value is -3.27. The summed E-state index contributed by atoms with van der Waals surface area (Å²) in [6, 6.07) is 17.7. The molecule has 4 rings (SSSR count). The molecular formula is C24H23NO3. The van der Waals surface area contributed by atoms with Crippen LogP contribution in [0.3, 0.4) is 0 Å². The summed E-state index contributed by atoms with van der Waals surface area (Å²) < 4.78 is 11.8. The van der Waals surface area contributed by atoms with Crippen LogP contribution >= 0.6 is 0 Å². The molecule has 4 heteroatoms. The van der Waals surface area contributed by atoms with Crippen molar-refractivity contribution in [3.8, 4) is 5.75 Å². The first-order chi connectivity index (χ1) is 13.4. The Bertz CT molecular complexity index is 1190. The van der Waals surface area contributed by atoms with Gasteiger partial charge >= 0.3 is 0 Å². The summed E-state index contributed by atoms with van der Waals surface area (Å²) in [6.07, 6.45) is -0.619. The van der Waals surface area contributed by atoms with Crippen LogP contribution < -0.4 is 10.1 Å². The van der Waals surface area contributed by atoms with E-state index in [1.807, 2.05) is 69.3 Å². The van der Waals surface area contributed by atoms with E-state index in [4.69, 9.17) is 9.15 Å². The SMILES string of the molecule is Cc1cc(C)c(C)c(OC(C)C(=O)Nc2ccc3c(c2)oc2ccccc23)c1. The molecular weight excluding hydrogens is 350 g/mol. The maximum atomic E-state index is 12.6. The third kappa shape index (κ3) is 3.33. The van der Waals surface area contributed by atoms with Gasteiger partial charge in [0.2, 0.25) is 0 Å². The quantitative estimate of drug-likeness (QED) is 0.483. The third-order valence-electron chi connectivity index (χ3n) is 5.08. The van der Waals surface area contributed by atoms with E-state index in [0.29, 0.717) is 5.69 Å². The van der Waals surface area contributed by atoms with E-state index >= 15 is 0 Å². The van der Waals surface area contributed by atoms with Gasteiger partial charge in [0.05, 0.1) is 0 Å². The Morgan fingerprint density at radius 3 is 2.54 bits per heavy atom. The monoisotopic (exact) mass is 373 g/mol. The minimum Gasteiger partial charge on any atom is -0.481 e. The smallest absolute Gasteiger partial charge is 0.265 e. The Morgan fingerprint density at radius 2 is 1.71 bits per heavy atom. The average molecular weight is 373 g/mol. The Balaban J connectivity index is 1.53. The summed E-state index contributed by atoms with van der Waals surface area (Å²) in [5, 5.41) is 5.02. The van der Waals surface area contributed by atoms with Crippen molar-refractivity contribution in [2.45, 2.75) is 33.8 Å². The summed E-state index contributed by atoms with van der Waals surface area (Å²) in [7, 11) is 0. The zero-order chi connectivity index (χ0) is 19.8. The summed E-state index contributed by atoms with van der Waals surface area (Å²) in [5.74, 6) is 0.543. The first kappa shape index (κ1) is 18.1. The number of aryl methyl sites for hydroxylation is 2. The number of ether oxygens (including phenoxy) is 1. The van der Waals surface area contributed by atoms with Crippen molar-refractivity contribution < 1.29 is 13.9 Å². The van der Waals surface area contributed by atoms with Crippen LogP contribution in [0.1, 0.15) is 23.6 Å². The number of para-hydroxylation sites is 1. The second kappa shape index (κ2) is 7.04. The number of fused-ring (bicyclic) bond motifs is 3. The molecule has 1 heterocycles. The van der Waals surface area contributed by atoms with Gasteiger partial charge in [-0.25, -0.2) is 0 Å². The van der Waals surface area contributed by atoms with E-state index in [1.165, 1.54) is 0 Å². The fourth-order valence-corrected chi connectivity index (χ4v) is 3.41. The van der Waals surface area contributed by atoms with Crippen LogP contribution in [0.5, 0.6) is 5.75 Å². The van der Waals surface area contributed by atoms with E-state index in [0.717, 1.165) is 44.4 Å². The molecule has 28 heavy (non-hydrogen) atoms. The fraction of sp³-hybridized carbons (Fsp3) is 0.208. The highest BCUT2D eigenvalue weighted by Gasteiger charge is 2.17. The van der Waals surface area contributed by atoms with Crippen molar-refractivity contribution in [2.24, 2.45) is 0 Å². The Morgan fingerprint density at radius 1 is 0.964 bits per heavy atom. The number of anilines is 1. The number of amides is 1. The molecule has 0 spiro atoms. The molecule has 0 aliphatic rings. The molecule has 4 aromatic rings.